The second-order valence-electron chi connectivity index (χ2n) is 5.44. The van der Waals surface area contributed by atoms with Crippen LogP contribution in [0.1, 0.15) is 25.6 Å². The molecular formula is C15H17N5O2S. The van der Waals surface area contributed by atoms with Crippen LogP contribution in [0.4, 0.5) is 11.5 Å². The maximum Gasteiger partial charge on any atom is 0.286 e. The van der Waals surface area contributed by atoms with Crippen LogP contribution in [-0.2, 0) is 10.0 Å². The summed E-state index contributed by atoms with van der Waals surface area (Å²) in [5.74, 6) is 1.90. The fourth-order valence-electron chi connectivity index (χ4n) is 2.17. The Labute approximate surface area is 135 Å². The first kappa shape index (κ1) is 15.4. The van der Waals surface area contributed by atoms with E-state index in [9.17, 15) is 8.42 Å². The number of aromatic nitrogens is 2. The lowest BCUT2D eigenvalue weighted by Crippen LogP contribution is -2.28. The molecule has 7 nitrogen and oxygen atoms in total. The minimum atomic E-state index is -3.66. The van der Waals surface area contributed by atoms with E-state index in [0.717, 1.165) is 5.82 Å². The van der Waals surface area contributed by atoms with Gasteiger partial charge in [0, 0.05) is 12.1 Å². The summed E-state index contributed by atoms with van der Waals surface area (Å²) in [6, 6.07) is 8.42. The molecule has 0 unspecified atom stereocenters. The molecule has 2 heterocycles. The summed E-state index contributed by atoms with van der Waals surface area (Å²) >= 11 is 0. The van der Waals surface area contributed by atoms with Crippen molar-refractivity contribution in [1.82, 2.24) is 9.97 Å². The molecule has 1 aliphatic rings. The fourth-order valence-corrected chi connectivity index (χ4v) is 3.31. The predicted molar refractivity (Wildman–Crippen MR) is 89.3 cm³/mol. The van der Waals surface area contributed by atoms with Crippen LogP contribution in [-0.4, -0.2) is 30.8 Å². The number of benzene rings is 1. The number of para-hydroxylation sites is 1. The SMILES string of the molecule is CC(C)c1nccc(NCC2=NS(=O)(=O)c3ccccc3N2)n1. The van der Waals surface area contributed by atoms with Crippen LogP contribution in [0.3, 0.4) is 0 Å². The van der Waals surface area contributed by atoms with Gasteiger partial charge in [0.25, 0.3) is 10.0 Å². The monoisotopic (exact) mass is 331 g/mol. The molecule has 23 heavy (non-hydrogen) atoms. The quantitative estimate of drug-likeness (QED) is 0.892. The minimum Gasteiger partial charge on any atom is -0.363 e. The van der Waals surface area contributed by atoms with Gasteiger partial charge in [0.2, 0.25) is 0 Å². The molecule has 2 aromatic rings. The lowest BCUT2D eigenvalue weighted by Gasteiger charge is -2.18. The minimum absolute atomic E-state index is 0.188. The van der Waals surface area contributed by atoms with Gasteiger partial charge in [-0.15, -0.1) is 4.40 Å². The molecule has 0 saturated carbocycles. The molecule has 1 aliphatic heterocycles. The summed E-state index contributed by atoms with van der Waals surface area (Å²) in [4.78, 5) is 8.76. The summed E-state index contributed by atoms with van der Waals surface area (Å²) in [5.41, 5.74) is 0.532. The second-order valence-corrected chi connectivity index (χ2v) is 7.02. The van der Waals surface area contributed by atoms with Crippen molar-refractivity contribution >= 4 is 27.4 Å². The normalized spacial score (nSPS) is 15.5. The molecule has 120 valence electrons. The highest BCUT2D eigenvalue weighted by Crippen LogP contribution is 2.26. The van der Waals surface area contributed by atoms with E-state index < -0.39 is 10.0 Å². The third-order valence-corrected chi connectivity index (χ3v) is 4.67. The second kappa shape index (κ2) is 5.96. The Hall–Kier alpha value is -2.48. The molecule has 0 spiro atoms. The molecule has 1 aromatic carbocycles. The maximum absolute atomic E-state index is 12.2. The van der Waals surface area contributed by atoms with Crippen LogP contribution in [0, 0.1) is 0 Å². The molecule has 0 aliphatic carbocycles. The van der Waals surface area contributed by atoms with Gasteiger partial charge in [-0.3, -0.25) is 0 Å². The van der Waals surface area contributed by atoms with Gasteiger partial charge in [-0.25, -0.2) is 9.97 Å². The summed E-state index contributed by atoms with van der Waals surface area (Å²) in [7, 11) is -3.66. The molecule has 0 fully saturated rings. The van der Waals surface area contributed by atoms with Gasteiger partial charge >= 0.3 is 0 Å². The van der Waals surface area contributed by atoms with Gasteiger partial charge in [0.15, 0.2) is 0 Å². The summed E-state index contributed by atoms with van der Waals surface area (Å²) in [6.07, 6.45) is 1.67. The Kier molecular flexibility index (Phi) is 3.99. The standard InChI is InChI=1S/C15H17N5O2S/c1-10(2)15-16-8-7-13(19-15)17-9-14-18-11-5-3-4-6-12(11)23(21,22)20-14/h3-8,10H,9H2,1-2H3,(H,18,20)(H,16,17,19). The maximum atomic E-state index is 12.2. The number of fused-ring (bicyclic) bond motifs is 1. The van der Waals surface area contributed by atoms with Gasteiger partial charge in [-0.1, -0.05) is 26.0 Å². The summed E-state index contributed by atoms with van der Waals surface area (Å²) < 4.78 is 28.1. The Morgan fingerprint density at radius 3 is 2.78 bits per heavy atom. The summed E-state index contributed by atoms with van der Waals surface area (Å²) in [6.45, 7) is 4.24. The largest absolute Gasteiger partial charge is 0.363 e. The number of nitrogens with zero attached hydrogens (tertiary/aromatic N) is 3. The van der Waals surface area contributed by atoms with Gasteiger partial charge < -0.3 is 10.6 Å². The molecule has 0 radical (unpaired) electrons. The molecule has 2 N–H and O–H groups in total. The van der Waals surface area contributed by atoms with E-state index in [1.54, 1.807) is 30.5 Å². The van der Waals surface area contributed by atoms with E-state index >= 15 is 0 Å². The van der Waals surface area contributed by atoms with Crippen molar-refractivity contribution in [2.24, 2.45) is 4.40 Å². The van der Waals surface area contributed by atoms with E-state index in [-0.39, 0.29) is 17.4 Å². The molecule has 0 amide bonds. The van der Waals surface area contributed by atoms with E-state index in [0.29, 0.717) is 17.3 Å². The van der Waals surface area contributed by atoms with Crippen LogP contribution in [0.15, 0.2) is 45.8 Å². The van der Waals surface area contributed by atoms with Crippen LogP contribution < -0.4 is 10.6 Å². The zero-order valence-corrected chi connectivity index (χ0v) is 13.6. The molecule has 1 aromatic heterocycles. The van der Waals surface area contributed by atoms with Crippen LogP contribution in [0.5, 0.6) is 0 Å². The molecule has 8 heteroatoms. The van der Waals surface area contributed by atoms with Crippen LogP contribution >= 0.6 is 0 Å². The van der Waals surface area contributed by atoms with E-state index in [2.05, 4.69) is 25.0 Å². The Morgan fingerprint density at radius 1 is 1.22 bits per heavy atom. The van der Waals surface area contributed by atoms with Crippen molar-refractivity contribution in [3.05, 3.63) is 42.4 Å². The number of anilines is 2. The number of hydrogen-bond donors (Lipinski definition) is 2. The molecule has 0 saturated heterocycles. The Bertz CT molecular complexity index is 862. The van der Waals surface area contributed by atoms with Crippen molar-refractivity contribution in [3.63, 3.8) is 0 Å². The Balaban J connectivity index is 1.77. The predicted octanol–water partition coefficient (Wildman–Crippen LogP) is 2.22. The van der Waals surface area contributed by atoms with E-state index in [1.807, 2.05) is 13.8 Å². The highest BCUT2D eigenvalue weighted by atomic mass is 32.2. The number of sulfonamides is 1. The summed E-state index contributed by atoms with van der Waals surface area (Å²) in [5, 5.41) is 6.09. The first-order valence-electron chi connectivity index (χ1n) is 7.22. The highest BCUT2D eigenvalue weighted by molar-refractivity contribution is 7.90. The molecular weight excluding hydrogens is 314 g/mol. The number of hydrogen-bond acceptors (Lipinski definition) is 6. The zero-order chi connectivity index (χ0) is 16.4. The number of nitrogens with one attached hydrogen (secondary N) is 2. The lowest BCUT2D eigenvalue weighted by molar-refractivity contribution is 0.597. The van der Waals surface area contributed by atoms with E-state index in [4.69, 9.17) is 0 Å². The van der Waals surface area contributed by atoms with Crippen LogP contribution in [0.2, 0.25) is 0 Å². The van der Waals surface area contributed by atoms with Gasteiger partial charge in [-0.2, -0.15) is 8.42 Å². The van der Waals surface area contributed by atoms with Gasteiger partial charge in [0.05, 0.1) is 12.2 Å². The van der Waals surface area contributed by atoms with Crippen molar-refractivity contribution in [3.8, 4) is 0 Å². The number of rotatable bonds is 4. The third-order valence-electron chi connectivity index (χ3n) is 3.30. The smallest absolute Gasteiger partial charge is 0.286 e. The van der Waals surface area contributed by atoms with Gasteiger partial charge in [-0.05, 0) is 18.2 Å². The highest BCUT2D eigenvalue weighted by Gasteiger charge is 2.23. The average molecular weight is 331 g/mol. The van der Waals surface area contributed by atoms with Crippen molar-refractivity contribution in [1.29, 1.82) is 0 Å². The first-order valence-corrected chi connectivity index (χ1v) is 8.66. The topological polar surface area (TPSA) is 96.3 Å². The Morgan fingerprint density at radius 2 is 2.00 bits per heavy atom. The first-order chi connectivity index (χ1) is 11.0. The fraction of sp³-hybridized carbons (Fsp3) is 0.267. The zero-order valence-electron chi connectivity index (χ0n) is 12.8. The molecule has 0 atom stereocenters. The lowest BCUT2D eigenvalue weighted by atomic mass is 10.2. The van der Waals surface area contributed by atoms with Gasteiger partial charge in [0.1, 0.15) is 22.4 Å². The average Bonchev–Trinajstić information content (AvgIpc) is 2.53. The third kappa shape index (κ3) is 3.31. The number of amidine groups is 1. The molecule has 3 rings (SSSR count). The molecule has 0 bridgehead atoms. The van der Waals surface area contributed by atoms with Crippen molar-refractivity contribution in [2.75, 3.05) is 17.2 Å². The van der Waals surface area contributed by atoms with Crippen LogP contribution in [0.25, 0.3) is 0 Å². The van der Waals surface area contributed by atoms with Crippen molar-refractivity contribution in [2.45, 2.75) is 24.7 Å². The van der Waals surface area contributed by atoms with E-state index in [1.165, 1.54) is 6.07 Å². The van der Waals surface area contributed by atoms with Crippen molar-refractivity contribution < 1.29 is 8.42 Å².